The van der Waals surface area contributed by atoms with Crippen LogP contribution in [0.4, 0.5) is 4.39 Å². The van der Waals surface area contributed by atoms with Crippen LogP contribution < -0.4 is 0 Å². The Labute approximate surface area is 137 Å². The summed E-state index contributed by atoms with van der Waals surface area (Å²) in [5, 5.41) is 0. The molecule has 2 aromatic rings. The lowest BCUT2D eigenvalue weighted by atomic mass is 9.90. The summed E-state index contributed by atoms with van der Waals surface area (Å²) in [4.78, 5) is 11.6. The van der Waals surface area contributed by atoms with Crippen molar-refractivity contribution in [3.05, 3.63) is 58.4 Å². The number of rotatable bonds is 5. The van der Waals surface area contributed by atoms with Crippen molar-refractivity contribution in [1.82, 2.24) is 0 Å². The quantitative estimate of drug-likeness (QED) is 0.733. The van der Waals surface area contributed by atoms with Gasteiger partial charge in [-0.15, -0.1) is 0 Å². The van der Waals surface area contributed by atoms with E-state index in [-0.39, 0.29) is 18.2 Å². The van der Waals surface area contributed by atoms with E-state index in [0.29, 0.717) is 24.2 Å². The van der Waals surface area contributed by atoms with Gasteiger partial charge in [-0.3, -0.25) is 4.79 Å². The Hall–Kier alpha value is -2.16. The molecule has 0 atom stereocenters. The predicted molar refractivity (Wildman–Crippen MR) is 91.0 cm³/mol. The van der Waals surface area contributed by atoms with Crippen LogP contribution in [0.5, 0.6) is 0 Å². The van der Waals surface area contributed by atoms with Crippen molar-refractivity contribution in [3.8, 4) is 11.1 Å². The summed E-state index contributed by atoms with van der Waals surface area (Å²) < 4.78 is 19.5. The zero-order valence-corrected chi connectivity index (χ0v) is 14.2. The van der Waals surface area contributed by atoms with Gasteiger partial charge >= 0.3 is 5.97 Å². The minimum atomic E-state index is -0.287. The van der Waals surface area contributed by atoms with Gasteiger partial charge in [0, 0.05) is 6.42 Å². The van der Waals surface area contributed by atoms with Crippen LogP contribution in [0.25, 0.3) is 11.1 Å². The summed E-state index contributed by atoms with van der Waals surface area (Å²) >= 11 is 0. The lowest BCUT2D eigenvalue weighted by Crippen LogP contribution is -2.08. The van der Waals surface area contributed by atoms with Crippen molar-refractivity contribution < 1.29 is 13.9 Å². The highest BCUT2D eigenvalue weighted by molar-refractivity contribution is 5.73. The predicted octanol–water partition coefficient (Wildman–Crippen LogP) is 4.91. The summed E-state index contributed by atoms with van der Waals surface area (Å²) in [6, 6.07) is 9.96. The molecule has 0 aliphatic carbocycles. The van der Waals surface area contributed by atoms with Gasteiger partial charge in [0.15, 0.2) is 0 Å². The Balaban J connectivity index is 2.43. The number of aryl methyl sites for hydroxylation is 2. The second-order valence-corrected chi connectivity index (χ2v) is 5.78. The zero-order chi connectivity index (χ0) is 17.0. The van der Waals surface area contributed by atoms with Gasteiger partial charge in [-0.25, -0.2) is 4.39 Å². The van der Waals surface area contributed by atoms with E-state index in [1.165, 1.54) is 0 Å². The van der Waals surface area contributed by atoms with Gasteiger partial charge in [-0.2, -0.15) is 0 Å². The summed E-state index contributed by atoms with van der Waals surface area (Å²) in [5.41, 5.74) is 5.39. The van der Waals surface area contributed by atoms with Gasteiger partial charge in [0.1, 0.15) is 5.82 Å². The molecule has 2 aromatic carbocycles. The van der Waals surface area contributed by atoms with E-state index in [9.17, 15) is 9.18 Å². The molecule has 0 N–H and O–H groups in total. The topological polar surface area (TPSA) is 26.3 Å². The number of esters is 1. The second-order valence-electron chi connectivity index (χ2n) is 5.78. The number of carbonyl (C=O) groups excluding carboxylic acids is 1. The van der Waals surface area contributed by atoms with E-state index in [0.717, 1.165) is 22.3 Å². The standard InChI is InChI=1S/C20H23FO2/c1-5-23-19(22)11-10-17-15(4)18(12-14(3)20(17)21)16-9-7-6-8-13(16)2/h6-9,12H,5,10-11H2,1-4H3. The SMILES string of the molecule is CCOC(=O)CCc1c(C)c(-c2ccccc2C)cc(C)c1F. The van der Waals surface area contributed by atoms with Crippen molar-refractivity contribution in [1.29, 1.82) is 0 Å². The largest absolute Gasteiger partial charge is 0.466 e. The maximum atomic E-state index is 14.5. The molecule has 0 fully saturated rings. The first-order valence-corrected chi connectivity index (χ1v) is 7.95. The van der Waals surface area contributed by atoms with Crippen LogP contribution in [-0.2, 0) is 16.0 Å². The molecule has 0 aromatic heterocycles. The highest BCUT2D eigenvalue weighted by atomic mass is 19.1. The molecular formula is C20H23FO2. The Morgan fingerprint density at radius 3 is 2.43 bits per heavy atom. The molecule has 0 heterocycles. The number of ether oxygens (including phenoxy) is 1. The fourth-order valence-electron chi connectivity index (χ4n) is 2.87. The van der Waals surface area contributed by atoms with Crippen molar-refractivity contribution in [2.75, 3.05) is 6.61 Å². The fourth-order valence-corrected chi connectivity index (χ4v) is 2.87. The van der Waals surface area contributed by atoms with Crippen molar-refractivity contribution >= 4 is 5.97 Å². The molecule has 2 nitrogen and oxygen atoms in total. The first kappa shape index (κ1) is 17.2. The smallest absolute Gasteiger partial charge is 0.306 e. The van der Waals surface area contributed by atoms with Crippen LogP contribution >= 0.6 is 0 Å². The van der Waals surface area contributed by atoms with Crippen LogP contribution in [0.1, 0.15) is 35.6 Å². The van der Waals surface area contributed by atoms with Gasteiger partial charge in [0.25, 0.3) is 0 Å². The van der Waals surface area contributed by atoms with Crippen molar-refractivity contribution in [2.24, 2.45) is 0 Å². The van der Waals surface area contributed by atoms with E-state index in [1.54, 1.807) is 13.8 Å². The molecule has 2 rings (SSSR count). The molecule has 0 spiro atoms. The van der Waals surface area contributed by atoms with E-state index >= 15 is 0 Å². The van der Waals surface area contributed by atoms with Crippen LogP contribution in [0.2, 0.25) is 0 Å². The molecule has 0 amide bonds. The average Bonchev–Trinajstić information content (AvgIpc) is 2.52. The van der Waals surface area contributed by atoms with Crippen LogP contribution in [-0.4, -0.2) is 12.6 Å². The van der Waals surface area contributed by atoms with E-state index < -0.39 is 0 Å². The number of carbonyl (C=O) groups is 1. The molecule has 23 heavy (non-hydrogen) atoms. The van der Waals surface area contributed by atoms with Gasteiger partial charge in [0.05, 0.1) is 6.61 Å². The molecule has 0 unspecified atom stereocenters. The van der Waals surface area contributed by atoms with Gasteiger partial charge in [-0.1, -0.05) is 24.3 Å². The molecule has 0 aliphatic heterocycles. The number of benzene rings is 2. The third kappa shape index (κ3) is 3.79. The third-order valence-electron chi connectivity index (χ3n) is 4.15. The molecule has 0 saturated heterocycles. The van der Waals surface area contributed by atoms with E-state index in [2.05, 4.69) is 0 Å². The molecular weight excluding hydrogens is 291 g/mol. The molecule has 0 bridgehead atoms. The Morgan fingerprint density at radius 2 is 1.78 bits per heavy atom. The van der Waals surface area contributed by atoms with Crippen molar-refractivity contribution in [2.45, 2.75) is 40.5 Å². The highest BCUT2D eigenvalue weighted by Crippen LogP contribution is 2.32. The van der Waals surface area contributed by atoms with Crippen LogP contribution in [0, 0.1) is 26.6 Å². The fraction of sp³-hybridized carbons (Fsp3) is 0.350. The maximum absolute atomic E-state index is 14.5. The summed E-state index contributed by atoms with van der Waals surface area (Å²) in [6.45, 7) is 7.86. The minimum Gasteiger partial charge on any atom is -0.466 e. The third-order valence-corrected chi connectivity index (χ3v) is 4.15. The average molecular weight is 314 g/mol. The minimum absolute atomic E-state index is 0.197. The first-order valence-electron chi connectivity index (χ1n) is 7.95. The molecule has 0 radical (unpaired) electrons. The monoisotopic (exact) mass is 314 g/mol. The first-order chi connectivity index (χ1) is 11.0. The lowest BCUT2D eigenvalue weighted by molar-refractivity contribution is -0.143. The zero-order valence-electron chi connectivity index (χ0n) is 14.2. The van der Waals surface area contributed by atoms with Crippen molar-refractivity contribution in [3.63, 3.8) is 0 Å². The Morgan fingerprint density at radius 1 is 1.09 bits per heavy atom. The maximum Gasteiger partial charge on any atom is 0.306 e. The highest BCUT2D eigenvalue weighted by Gasteiger charge is 2.16. The number of hydrogen-bond donors (Lipinski definition) is 0. The van der Waals surface area contributed by atoms with Gasteiger partial charge < -0.3 is 4.74 Å². The normalized spacial score (nSPS) is 10.7. The van der Waals surface area contributed by atoms with E-state index in [4.69, 9.17) is 4.74 Å². The summed E-state index contributed by atoms with van der Waals surface area (Å²) in [6.07, 6.45) is 0.555. The van der Waals surface area contributed by atoms with Crippen LogP contribution in [0.3, 0.4) is 0 Å². The summed E-state index contributed by atoms with van der Waals surface area (Å²) in [5.74, 6) is -0.505. The number of halogens is 1. The van der Waals surface area contributed by atoms with Gasteiger partial charge in [0.2, 0.25) is 0 Å². The lowest BCUT2D eigenvalue weighted by Gasteiger charge is -2.16. The number of hydrogen-bond acceptors (Lipinski definition) is 2. The van der Waals surface area contributed by atoms with E-state index in [1.807, 2.05) is 44.2 Å². The Kier molecular flexibility index (Phi) is 5.54. The second kappa shape index (κ2) is 7.40. The van der Waals surface area contributed by atoms with Crippen LogP contribution in [0.15, 0.2) is 30.3 Å². The summed E-state index contributed by atoms with van der Waals surface area (Å²) in [7, 11) is 0. The van der Waals surface area contributed by atoms with Gasteiger partial charge in [-0.05, 0) is 73.6 Å². The Bertz CT molecular complexity index is 720. The molecule has 122 valence electrons. The molecule has 3 heteroatoms. The molecule has 0 aliphatic rings. The molecule has 0 saturated carbocycles.